The van der Waals surface area contributed by atoms with Crippen molar-refractivity contribution in [3.63, 3.8) is 0 Å². The van der Waals surface area contributed by atoms with Crippen molar-refractivity contribution in [2.45, 2.75) is 40.2 Å². The van der Waals surface area contributed by atoms with Crippen LogP contribution >= 0.6 is 0 Å². The van der Waals surface area contributed by atoms with E-state index in [4.69, 9.17) is 4.74 Å². The number of aryl methyl sites for hydroxylation is 1. The first kappa shape index (κ1) is 26.1. The fourth-order valence-electron chi connectivity index (χ4n) is 3.42. The maximum Gasteiger partial charge on any atom is 0.224 e. The molecule has 0 saturated carbocycles. The van der Waals surface area contributed by atoms with Gasteiger partial charge in [0.15, 0.2) is 0 Å². The Hall–Kier alpha value is -3.16. The molecule has 0 atom stereocenters. The summed E-state index contributed by atoms with van der Waals surface area (Å²) in [5, 5.41) is 9.48. The summed E-state index contributed by atoms with van der Waals surface area (Å²) in [6.45, 7) is 9.41. The van der Waals surface area contributed by atoms with Crippen molar-refractivity contribution in [2.24, 2.45) is 5.10 Å². The van der Waals surface area contributed by atoms with Gasteiger partial charge in [-0.15, -0.1) is 0 Å². The van der Waals surface area contributed by atoms with Gasteiger partial charge in [-0.2, -0.15) is 5.10 Å². The molecule has 2 aromatic rings. The zero-order valence-corrected chi connectivity index (χ0v) is 20.3. The highest BCUT2D eigenvalue weighted by Crippen LogP contribution is 2.22. The van der Waals surface area contributed by atoms with Crippen molar-refractivity contribution in [1.82, 2.24) is 14.9 Å². The zero-order valence-electron chi connectivity index (χ0n) is 20.3. The number of aromatic nitrogens is 1. The van der Waals surface area contributed by atoms with E-state index in [0.29, 0.717) is 38.3 Å². The molecule has 0 fully saturated rings. The topological polar surface area (TPSA) is 70.1 Å². The third-order valence-corrected chi connectivity index (χ3v) is 5.33. The van der Waals surface area contributed by atoms with E-state index < -0.39 is 6.67 Å². The number of nitrogens with one attached hydrogen (secondary N) is 1. The van der Waals surface area contributed by atoms with E-state index in [1.165, 1.54) is 0 Å². The lowest BCUT2D eigenvalue weighted by molar-refractivity contribution is -0.133. The predicted octanol–water partition coefficient (Wildman–Crippen LogP) is 4.13. The van der Waals surface area contributed by atoms with Crippen LogP contribution in [0.15, 0.2) is 47.7 Å². The number of hydrazone groups is 1. The van der Waals surface area contributed by atoms with Crippen molar-refractivity contribution in [1.29, 1.82) is 0 Å². The highest BCUT2D eigenvalue weighted by molar-refractivity contribution is 5.99. The molecule has 0 radical (unpaired) electrons. The number of pyridine rings is 1. The second-order valence-corrected chi connectivity index (χ2v) is 7.98. The maximum absolute atomic E-state index is 13.5. The SMILES string of the molecule is CCN(CCC(=O)N(CCNc1ccc(C)c(OC)c1)C(C)C)/N=C(\CF)c1ccccn1. The van der Waals surface area contributed by atoms with Gasteiger partial charge in [0, 0.05) is 56.6 Å². The summed E-state index contributed by atoms with van der Waals surface area (Å²) in [4.78, 5) is 19.0. The van der Waals surface area contributed by atoms with Crippen molar-refractivity contribution in [2.75, 3.05) is 45.3 Å². The van der Waals surface area contributed by atoms with E-state index in [0.717, 1.165) is 17.0 Å². The molecular formula is C25H36FN5O2. The molecule has 1 heterocycles. The number of ether oxygens (including phenoxy) is 1. The number of hydrogen-bond acceptors (Lipinski definition) is 6. The average Bonchev–Trinajstić information content (AvgIpc) is 2.83. The van der Waals surface area contributed by atoms with Crippen LogP contribution in [0.5, 0.6) is 5.75 Å². The van der Waals surface area contributed by atoms with Crippen LogP contribution in [-0.4, -0.2) is 72.5 Å². The van der Waals surface area contributed by atoms with Crippen molar-refractivity contribution < 1.29 is 13.9 Å². The lowest BCUT2D eigenvalue weighted by Gasteiger charge is -2.28. The fourth-order valence-corrected chi connectivity index (χ4v) is 3.42. The number of nitrogens with zero attached hydrogens (tertiary/aromatic N) is 4. The normalized spacial score (nSPS) is 11.4. The largest absolute Gasteiger partial charge is 0.496 e. The number of halogens is 1. The van der Waals surface area contributed by atoms with E-state index in [9.17, 15) is 9.18 Å². The Bertz CT molecular complexity index is 905. The summed E-state index contributed by atoms with van der Waals surface area (Å²) >= 11 is 0. The first-order valence-corrected chi connectivity index (χ1v) is 11.4. The lowest BCUT2D eigenvalue weighted by Crippen LogP contribution is -2.41. The number of benzene rings is 1. The van der Waals surface area contributed by atoms with E-state index in [1.54, 1.807) is 36.5 Å². The van der Waals surface area contributed by atoms with Crippen molar-refractivity contribution >= 4 is 17.3 Å². The molecule has 0 spiro atoms. The number of rotatable bonds is 13. The first-order valence-electron chi connectivity index (χ1n) is 11.4. The minimum Gasteiger partial charge on any atom is -0.496 e. The summed E-state index contributed by atoms with van der Waals surface area (Å²) in [7, 11) is 1.65. The molecule has 1 aromatic heterocycles. The monoisotopic (exact) mass is 457 g/mol. The van der Waals surface area contributed by atoms with Crippen LogP contribution in [0.1, 0.15) is 38.4 Å². The van der Waals surface area contributed by atoms with E-state index in [2.05, 4.69) is 15.4 Å². The molecule has 8 heteroatoms. The van der Waals surface area contributed by atoms with Gasteiger partial charge >= 0.3 is 0 Å². The molecule has 1 aromatic carbocycles. The van der Waals surface area contributed by atoms with Crippen LogP contribution < -0.4 is 10.1 Å². The molecule has 2 rings (SSSR count). The van der Waals surface area contributed by atoms with Crippen LogP contribution in [0.25, 0.3) is 0 Å². The minimum absolute atomic E-state index is 0.0431. The lowest BCUT2D eigenvalue weighted by atomic mass is 10.2. The molecular weight excluding hydrogens is 421 g/mol. The van der Waals surface area contributed by atoms with Crippen molar-refractivity contribution in [3.05, 3.63) is 53.9 Å². The number of methoxy groups -OCH3 is 1. The van der Waals surface area contributed by atoms with Gasteiger partial charge in [0.1, 0.15) is 18.1 Å². The Morgan fingerprint density at radius 1 is 1.24 bits per heavy atom. The second-order valence-electron chi connectivity index (χ2n) is 7.98. The summed E-state index contributed by atoms with van der Waals surface area (Å²) in [6, 6.07) is 11.3. The highest BCUT2D eigenvalue weighted by atomic mass is 19.1. The van der Waals surface area contributed by atoms with Gasteiger partial charge in [-0.05, 0) is 51.5 Å². The van der Waals surface area contributed by atoms with Crippen LogP contribution in [0.2, 0.25) is 0 Å². The van der Waals surface area contributed by atoms with Gasteiger partial charge in [0.25, 0.3) is 0 Å². The second kappa shape index (κ2) is 13.4. The van der Waals surface area contributed by atoms with Gasteiger partial charge in [-0.25, -0.2) is 4.39 Å². The van der Waals surface area contributed by atoms with Gasteiger partial charge in [-0.1, -0.05) is 12.1 Å². The van der Waals surface area contributed by atoms with Gasteiger partial charge in [0.05, 0.1) is 12.8 Å². The molecule has 7 nitrogen and oxygen atoms in total. The molecule has 1 N–H and O–H groups in total. The predicted molar refractivity (Wildman–Crippen MR) is 132 cm³/mol. The van der Waals surface area contributed by atoms with Gasteiger partial charge < -0.3 is 15.0 Å². The quantitative estimate of drug-likeness (QED) is 0.362. The van der Waals surface area contributed by atoms with Crippen LogP contribution in [0.4, 0.5) is 10.1 Å². The third kappa shape index (κ3) is 8.04. The fraction of sp³-hybridized carbons (Fsp3) is 0.480. The van der Waals surface area contributed by atoms with Gasteiger partial charge in [0.2, 0.25) is 5.91 Å². The Morgan fingerprint density at radius 2 is 2.03 bits per heavy atom. The first-order chi connectivity index (χ1) is 15.9. The van der Waals surface area contributed by atoms with E-state index in [-0.39, 0.29) is 17.7 Å². The number of hydrogen-bond donors (Lipinski definition) is 1. The summed E-state index contributed by atoms with van der Waals surface area (Å²) in [5.74, 6) is 0.872. The van der Waals surface area contributed by atoms with E-state index >= 15 is 0 Å². The molecule has 0 saturated heterocycles. The Balaban J connectivity index is 1.93. The maximum atomic E-state index is 13.5. The summed E-state index contributed by atoms with van der Waals surface area (Å²) < 4.78 is 18.9. The standard InChI is InChI=1S/C25H36FN5O2/c1-6-30(29-23(18-26)22-9-7-8-13-28-22)15-12-25(32)31(19(2)3)16-14-27-21-11-10-20(4)24(17-21)33-5/h7-11,13,17,19,27H,6,12,14-16,18H2,1-5H3/b29-23+. The van der Waals surface area contributed by atoms with Crippen LogP contribution in [0.3, 0.4) is 0 Å². The van der Waals surface area contributed by atoms with Crippen LogP contribution in [0, 0.1) is 6.92 Å². The summed E-state index contributed by atoms with van der Waals surface area (Å²) in [6.07, 6.45) is 1.91. The molecule has 0 aliphatic rings. The Labute approximate surface area is 196 Å². The van der Waals surface area contributed by atoms with Crippen LogP contribution in [-0.2, 0) is 4.79 Å². The molecule has 0 aliphatic carbocycles. The molecule has 1 amide bonds. The summed E-state index contributed by atoms with van der Waals surface area (Å²) in [5.41, 5.74) is 2.80. The number of carbonyl (C=O) groups excluding carboxylic acids is 1. The number of amides is 1. The number of anilines is 1. The van der Waals surface area contributed by atoms with Crippen molar-refractivity contribution in [3.8, 4) is 5.75 Å². The number of carbonyl (C=O) groups is 1. The smallest absolute Gasteiger partial charge is 0.224 e. The minimum atomic E-state index is -0.713. The number of alkyl halides is 1. The van der Waals surface area contributed by atoms with E-state index in [1.807, 2.05) is 50.8 Å². The molecule has 33 heavy (non-hydrogen) atoms. The Morgan fingerprint density at radius 3 is 2.64 bits per heavy atom. The molecule has 0 unspecified atom stereocenters. The molecule has 0 bridgehead atoms. The highest BCUT2D eigenvalue weighted by Gasteiger charge is 2.18. The Kier molecular flexibility index (Phi) is 10.6. The average molecular weight is 458 g/mol. The zero-order chi connectivity index (χ0) is 24.2. The third-order valence-electron chi connectivity index (χ3n) is 5.33. The molecule has 180 valence electrons. The van der Waals surface area contributed by atoms with Gasteiger partial charge in [-0.3, -0.25) is 14.8 Å². The molecule has 0 aliphatic heterocycles.